The van der Waals surface area contributed by atoms with Crippen molar-refractivity contribution < 1.29 is 9.50 Å². The Hall–Kier alpha value is -0.410. The molecule has 1 nitrogen and oxygen atoms in total. The van der Waals surface area contributed by atoms with E-state index in [0.717, 1.165) is 11.1 Å². The molecular weight excluding hydrogens is 223 g/mol. The van der Waals surface area contributed by atoms with E-state index in [2.05, 4.69) is 15.9 Å². The van der Waals surface area contributed by atoms with Crippen LogP contribution in [0.3, 0.4) is 0 Å². The summed E-state index contributed by atoms with van der Waals surface area (Å²) in [6, 6.07) is 1.46. The van der Waals surface area contributed by atoms with Crippen molar-refractivity contribution >= 4 is 15.9 Å². The van der Waals surface area contributed by atoms with Gasteiger partial charge in [-0.25, -0.2) is 4.39 Å². The first-order chi connectivity index (χ1) is 5.57. The van der Waals surface area contributed by atoms with E-state index in [1.165, 1.54) is 6.07 Å². The summed E-state index contributed by atoms with van der Waals surface area (Å²) in [6.07, 6.45) is 0. The summed E-state index contributed by atoms with van der Waals surface area (Å²) in [5, 5.41) is 8.95. The van der Waals surface area contributed by atoms with Crippen LogP contribution in [-0.2, 0) is 6.61 Å². The summed E-state index contributed by atoms with van der Waals surface area (Å²) >= 11 is 3.09. The lowest BCUT2D eigenvalue weighted by atomic mass is 10.0. The van der Waals surface area contributed by atoms with Crippen LogP contribution in [0.5, 0.6) is 0 Å². The molecule has 0 saturated carbocycles. The summed E-state index contributed by atoms with van der Waals surface area (Å²) in [4.78, 5) is 0. The number of aryl methyl sites for hydroxylation is 1. The van der Waals surface area contributed by atoms with E-state index in [0.29, 0.717) is 10.0 Å². The summed E-state index contributed by atoms with van der Waals surface area (Å²) in [5.41, 5.74) is 2.43. The molecule has 1 rings (SSSR count). The Morgan fingerprint density at radius 3 is 2.58 bits per heavy atom. The molecule has 0 fully saturated rings. The monoisotopic (exact) mass is 232 g/mol. The first-order valence-electron chi connectivity index (χ1n) is 3.63. The van der Waals surface area contributed by atoms with Gasteiger partial charge in [-0.05, 0) is 52.5 Å². The first kappa shape index (κ1) is 9.68. The minimum atomic E-state index is -0.317. The van der Waals surface area contributed by atoms with Crippen molar-refractivity contribution in [2.45, 2.75) is 20.5 Å². The number of aliphatic hydroxyl groups excluding tert-OH is 1. The van der Waals surface area contributed by atoms with Gasteiger partial charge in [0.15, 0.2) is 0 Å². The third kappa shape index (κ3) is 1.52. The molecule has 0 atom stereocenters. The minimum absolute atomic E-state index is 0.134. The molecule has 0 heterocycles. The highest BCUT2D eigenvalue weighted by molar-refractivity contribution is 9.10. The Morgan fingerprint density at radius 2 is 2.08 bits per heavy atom. The third-order valence-corrected chi connectivity index (χ3v) is 2.88. The quantitative estimate of drug-likeness (QED) is 0.790. The maximum absolute atomic E-state index is 13.0. The first-order valence-corrected chi connectivity index (χ1v) is 4.42. The van der Waals surface area contributed by atoms with Crippen LogP contribution in [-0.4, -0.2) is 5.11 Å². The second kappa shape index (κ2) is 3.54. The number of aliphatic hydroxyl groups is 1. The van der Waals surface area contributed by atoms with Crippen LogP contribution in [0.2, 0.25) is 0 Å². The number of halogens is 2. The molecule has 0 aromatic heterocycles. The molecular formula is C9H10BrFO. The number of rotatable bonds is 1. The van der Waals surface area contributed by atoms with E-state index in [1.54, 1.807) is 0 Å². The van der Waals surface area contributed by atoms with Gasteiger partial charge in [0.05, 0.1) is 11.1 Å². The highest BCUT2D eigenvalue weighted by Gasteiger charge is 2.10. The number of hydrogen-bond acceptors (Lipinski definition) is 1. The van der Waals surface area contributed by atoms with E-state index in [1.807, 2.05) is 13.8 Å². The molecule has 0 unspecified atom stereocenters. The van der Waals surface area contributed by atoms with Crippen LogP contribution in [0.1, 0.15) is 16.7 Å². The predicted octanol–water partition coefficient (Wildman–Crippen LogP) is 2.70. The molecule has 1 aromatic rings. The maximum Gasteiger partial charge on any atom is 0.138 e. The van der Waals surface area contributed by atoms with Gasteiger partial charge in [0.1, 0.15) is 5.82 Å². The SMILES string of the molecule is Cc1cc(F)c(Br)c(CO)c1C. The Balaban J connectivity index is 3.42. The van der Waals surface area contributed by atoms with Gasteiger partial charge < -0.3 is 5.11 Å². The molecule has 1 aromatic carbocycles. The second-order valence-corrected chi connectivity index (χ2v) is 3.54. The molecule has 0 aliphatic rings. The van der Waals surface area contributed by atoms with Crippen molar-refractivity contribution in [3.63, 3.8) is 0 Å². The van der Waals surface area contributed by atoms with Gasteiger partial charge in [-0.3, -0.25) is 0 Å². The highest BCUT2D eigenvalue weighted by atomic mass is 79.9. The Bertz CT molecular complexity index is 284. The lowest BCUT2D eigenvalue weighted by Gasteiger charge is -2.09. The normalized spacial score (nSPS) is 10.4. The van der Waals surface area contributed by atoms with E-state index in [9.17, 15) is 4.39 Å². The van der Waals surface area contributed by atoms with Crippen LogP contribution in [0.25, 0.3) is 0 Å². The molecule has 0 bridgehead atoms. The summed E-state index contributed by atoms with van der Waals surface area (Å²) in [7, 11) is 0. The zero-order chi connectivity index (χ0) is 9.30. The zero-order valence-electron chi connectivity index (χ0n) is 6.99. The maximum atomic E-state index is 13.0. The van der Waals surface area contributed by atoms with E-state index in [-0.39, 0.29) is 12.4 Å². The Morgan fingerprint density at radius 1 is 1.50 bits per heavy atom. The average Bonchev–Trinajstić information content (AvgIpc) is 2.02. The van der Waals surface area contributed by atoms with Gasteiger partial charge in [0.25, 0.3) is 0 Å². The van der Waals surface area contributed by atoms with Crippen molar-refractivity contribution in [3.05, 3.63) is 33.0 Å². The van der Waals surface area contributed by atoms with Gasteiger partial charge >= 0.3 is 0 Å². The summed E-state index contributed by atoms with van der Waals surface area (Å²) in [6.45, 7) is 3.56. The van der Waals surface area contributed by atoms with Crippen molar-refractivity contribution in [2.75, 3.05) is 0 Å². The fraction of sp³-hybridized carbons (Fsp3) is 0.333. The fourth-order valence-electron chi connectivity index (χ4n) is 1.10. The molecule has 0 saturated heterocycles. The Kier molecular flexibility index (Phi) is 2.85. The van der Waals surface area contributed by atoms with Gasteiger partial charge in [-0.2, -0.15) is 0 Å². The van der Waals surface area contributed by atoms with Crippen molar-refractivity contribution in [1.29, 1.82) is 0 Å². The molecule has 0 aliphatic heterocycles. The molecule has 0 amide bonds. The van der Waals surface area contributed by atoms with Gasteiger partial charge in [-0.1, -0.05) is 0 Å². The third-order valence-electron chi connectivity index (χ3n) is 2.02. The van der Waals surface area contributed by atoms with E-state index in [4.69, 9.17) is 5.11 Å². The topological polar surface area (TPSA) is 20.2 Å². The number of hydrogen-bond donors (Lipinski definition) is 1. The number of benzene rings is 1. The average molecular weight is 233 g/mol. The van der Waals surface area contributed by atoms with E-state index >= 15 is 0 Å². The second-order valence-electron chi connectivity index (χ2n) is 2.75. The van der Waals surface area contributed by atoms with Crippen LogP contribution in [0.15, 0.2) is 10.5 Å². The summed E-state index contributed by atoms with van der Waals surface area (Å²) in [5.74, 6) is -0.317. The minimum Gasteiger partial charge on any atom is -0.392 e. The fourth-order valence-corrected chi connectivity index (χ4v) is 1.63. The van der Waals surface area contributed by atoms with E-state index < -0.39 is 0 Å². The van der Waals surface area contributed by atoms with Crippen molar-refractivity contribution in [2.24, 2.45) is 0 Å². The molecule has 3 heteroatoms. The lowest BCUT2D eigenvalue weighted by Crippen LogP contribution is -1.96. The van der Waals surface area contributed by atoms with Gasteiger partial charge in [0, 0.05) is 0 Å². The van der Waals surface area contributed by atoms with Crippen molar-refractivity contribution in [1.82, 2.24) is 0 Å². The lowest BCUT2D eigenvalue weighted by molar-refractivity contribution is 0.279. The van der Waals surface area contributed by atoms with Gasteiger partial charge in [0.2, 0.25) is 0 Å². The molecule has 0 spiro atoms. The highest BCUT2D eigenvalue weighted by Crippen LogP contribution is 2.26. The standard InChI is InChI=1S/C9H10BrFO/c1-5-3-8(11)9(10)7(4-12)6(5)2/h3,12H,4H2,1-2H3. The summed E-state index contributed by atoms with van der Waals surface area (Å²) < 4.78 is 13.4. The molecule has 66 valence electrons. The smallest absolute Gasteiger partial charge is 0.138 e. The van der Waals surface area contributed by atoms with Crippen LogP contribution in [0, 0.1) is 19.7 Å². The van der Waals surface area contributed by atoms with Crippen LogP contribution < -0.4 is 0 Å². The molecule has 0 aliphatic carbocycles. The largest absolute Gasteiger partial charge is 0.392 e. The molecule has 0 radical (unpaired) electrons. The van der Waals surface area contributed by atoms with Crippen LogP contribution in [0.4, 0.5) is 4.39 Å². The van der Waals surface area contributed by atoms with Gasteiger partial charge in [-0.15, -0.1) is 0 Å². The predicted molar refractivity (Wildman–Crippen MR) is 49.5 cm³/mol. The Labute approximate surface area is 79.4 Å². The zero-order valence-corrected chi connectivity index (χ0v) is 8.57. The van der Waals surface area contributed by atoms with Crippen molar-refractivity contribution in [3.8, 4) is 0 Å². The molecule has 1 N–H and O–H groups in total. The van der Waals surface area contributed by atoms with Crippen LogP contribution >= 0.6 is 15.9 Å². The molecule has 12 heavy (non-hydrogen) atoms.